The predicted octanol–water partition coefficient (Wildman–Crippen LogP) is 1.51. The number of methoxy groups -OCH3 is 1. The molecule has 0 spiro atoms. The summed E-state index contributed by atoms with van der Waals surface area (Å²) in [7, 11) is 1.56. The van der Waals surface area contributed by atoms with Crippen molar-refractivity contribution in [3.8, 4) is 11.5 Å². The van der Waals surface area contributed by atoms with Crippen LogP contribution in [0.1, 0.15) is 25.5 Å². The number of nitrogens with two attached hydrogens (primary N) is 1. The van der Waals surface area contributed by atoms with E-state index in [1.165, 1.54) is 0 Å². The number of hydrogen-bond acceptors (Lipinski definition) is 5. The van der Waals surface area contributed by atoms with Crippen molar-refractivity contribution in [3.05, 3.63) is 23.8 Å². The van der Waals surface area contributed by atoms with Gasteiger partial charge in [0.25, 0.3) is 0 Å². The van der Waals surface area contributed by atoms with Crippen molar-refractivity contribution in [2.24, 2.45) is 5.73 Å². The Balaban J connectivity index is 2.12. The normalized spacial score (nSPS) is 23.3. The molecule has 5 heteroatoms. The van der Waals surface area contributed by atoms with E-state index in [1.54, 1.807) is 13.2 Å². The molecule has 1 aliphatic rings. The van der Waals surface area contributed by atoms with Crippen LogP contribution in [0.25, 0.3) is 0 Å². The summed E-state index contributed by atoms with van der Waals surface area (Å²) in [6.45, 7) is 6.53. The number of phenols is 1. The number of phenolic OH excluding ortho intramolecular Hbond substituents is 1. The Bertz CT molecular complexity index is 451. The van der Waals surface area contributed by atoms with E-state index < -0.39 is 0 Å². The van der Waals surface area contributed by atoms with Crippen molar-refractivity contribution in [3.63, 3.8) is 0 Å². The minimum Gasteiger partial charge on any atom is -0.504 e. The average Bonchev–Trinajstić information content (AvgIpc) is 2.47. The first-order chi connectivity index (χ1) is 9.52. The minimum atomic E-state index is 0.0272. The fourth-order valence-corrected chi connectivity index (χ4v) is 2.53. The lowest BCUT2D eigenvalue weighted by Crippen LogP contribution is -2.50. The largest absolute Gasteiger partial charge is 0.504 e. The van der Waals surface area contributed by atoms with E-state index in [-0.39, 0.29) is 23.9 Å². The first-order valence-electron chi connectivity index (χ1n) is 7.01. The van der Waals surface area contributed by atoms with Crippen molar-refractivity contribution in [2.75, 3.05) is 26.8 Å². The van der Waals surface area contributed by atoms with Gasteiger partial charge >= 0.3 is 0 Å². The molecule has 20 heavy (non-hydrogen) atoms. The Kier molecular flexibility index (Phi) is 4.86. The highest BCUT2D eigenvalue weighted by atomic mass is 16.5. The van der Waals surface area contributed by atoms with Crippen molar-refractivity contribution < 1.29 is 14.6 Å². The number of rotatable bonds is 4. The second kappa shape index (κ2) is 6.43. The summed E-state index contributed by atoms with van der Waals surface area (Å²) in [6.07, 6.45) is 0.0743. The molecule has 0 aliphatic carbocycles. The fraction of sp³-hybridized carbons (Fsp3) is 0.600. The maximum Gasteiger partial charge on any atom is 0.160 e. The summed E-state index contributed by atoms with van der Waals surface area (Å²) in [6, 6.07) is 5.75. The van der Waals surface area contributed by atoms with Crippen LogP contribution < -0.4 is 10.5 Å². The fourth-order valence-electron chi connectivity index (χ4n) is 2.53. The maximum atomic E-state index is 9.67. The Morgan fingerprint density at radius 2 is 2.20 bits per heavy atom. The Morgan fingerprint density at radius 1 is 1.45 bits per heavy atom. The molecule has 1 fully saturated rings. The van der Waals surface area contributed by atoms with E-state index in [0.29, 0.717) is 12.4 Å². The highest BCUT2D eigenvalue weighted by molar-refractivity contribution is 5.42. The Labute approximate surface area is 120 Å². The zero-order valence-electron chi connectivity index (χ0n) is 12.4. The van der Waals surface area contributed by atoms with Crippen molar-refractivity contribution in [1.29, 1.82) is 0 Å². The van der Waals surface area contributed by atoms with E-state index in [1.807, 2.05) is 19.1 Å². The third-order valence-corrected chi connectivity index (χ3v) is 3.95. The van der Waals surface area contributed by atoms with E-state index in [2.05, 4.69) is 11.8 Å². The predicted molar refractivity (Wildman–Crippen MR) is 78.0 cm³/mol. The quantitative estimate of drug-likeness (QED) is 0.875. The van der Waals surface area contributed by atoms with Crippen LogP contribution >= 0.6 is 0 Å². The Hall–Kier alpha value is -1.30. The summed E-state index contributed by atoms with van der Waals surface area (Å²) in [5, 5.41) is 9.67. The SMILES string of the molecule is COc1cc(C(C)N2CCOC(C(C)N)C2)ccc1O. The van der Waals surface area contributed by atoms with Crippen LogP contribution in [0.15, 0.2) is 18.2 Å². The number of benzene rings is 1. The van der Waals surface area contributed by atoms with Gasteiger partial charge < -0.3 is 20.3 Å². The van der Waals surface area contributed by atoms with Crippen LogP contribution in [0.5, 0.6) is 11.5 Å². The molecular weight excluding hydrogens is 256 g/mol. The highest BCUT2D eigenvalue weighted by Crippen LogP contribution is 2.31. The number of aromatic hydroxyl groups is 1. The molecular formula is C15H24N2O3. The van der Waals surface area contributed by atoms with Gasteiger partial charge in [0.05, 0.1) is 19.8 Å². The molecule has 2 rings (SSSR count). The summed E-state index contributed by atoms with van der Waals surface area (Å²) >= 11 is 0. The molecule has 0 saturated carbocycles. The van der Waals surface area contributed by atoms with Crippen LogP contribution in [-0.4, -0.2) is 49.0 Å². The number of morpholine rings is 1. The van der Waals surface area contributed by atoms with Gasteiger partial charge in [0, 0.05) is 25.2 Å². The molecule has 0 amide bonds. The smallest absolute Gasteiger partial charge is 0.160 e. The molecule has 1 aliphatic heterocycles. The second-order valence-corrected chi connectivity index (χ2v) is 5.37. The molecule has 1 aromatic carbocycles. The van der Waals surface area contributed by atoms with E-state index in [4.69, 9.17) is 15.2 Å². The zero-order chi connectivity index (χ0) is 14.7. The average molecular weight is 280 g/mol. The van der Waals surface area contributed by atoms with Gasteiger partial charge in [-0.15, -0.1) is 0 Å². The third kappa shape index (κ3) is 3.23. The molecule has 0 radical (unpaired) electrons. The molecule has 1 saturated heterocycles. The second-order valence-electron chi connectivity index (χ2n) is 5.37. The summed E-state index contributed by atoms with van der Waals surface area (Å²) in [5.41, 5.74) is 7.04. The van der Waals surface area contributed by atoms with Crippen molar-refractivity contribution >= 4 is 0 Å². The van der Waals surface area contributed by atoms with Gasteiger partial charge in [-0.2, -0.15) is 0 Å². The molecule has 5 nitrogen and oxygen atoms in total. The zero-order valence-corrected chi connectivity index (χ0v) is 12.4. The summed E-state index contributed by atoms with van der Waals surface area (Å²) in [5.74, 6) is 0.672. The van der Waals surface area contributed by atoms with Crippen LogP contribution in [0.2, 0.25) is 0 Å². The molecule has 0 bridgehead atoms. The molecule has 112 valence electrons. The summed E-state index contributed by atoms with van der Waals surface area (Å²) in [4.78, 5) is 2.35. The van der Waals surface area contributed by atoms with E-state index in [0.717, 1.165) is 18.7 Å². The molecule has 3 unspecified atom stereocenters. The van der Waals surface area contributed by atoms with Gasteiger partial charge in [-0.3, -0.25) is 4.90 Å². The minimum absolute atomic E-state index is 0.0272. The van der Waals surface area contributed by atoms with Gasteiger partial charge in [-0.05, 0) is 31.5 Å². The maximum absolute atomic E-state index is 9.67. The van der Waals surface area contributed by atoms with Gasteiger partial charge in [0.15, 0.2) is 11.5 Å². The number of hydrogen-bond donors (Lipinski definition) is 2. The van der Waals surface area contributed by atoms with E-state index in [9.17, 15) is 5.11 Å². The van der Waals surface area contributed by atoms with Crippen LogP contribution in [0.4, 0.5) is 0 Å². The van der Waals surface area contributed by atoms with Crippen molar-refractivity contribution in [2.45, 2.75) is 32.0 Å². The number of nitrogens with zero attached hydrogens (tertiary/aromatic N) is 1. The molecule has 1 heterocycles. The standard InChI is InChI=1S/C15H24N2O3/c1-10(16)15-9-17(6-7-20-15)11(2)12-4-5-13(18)14(8-12)19-3/h4-5,8,10-11,15,18H,6-7,9,16H2,1-3H3. The van der Waals surface area contributed by atoms with Crippen LogP contribution in [0, 0.1) is 0 Å². The monoisotopic (exact) mass is 280 g/mol. The van der Waals surface area contributed by atoms with Crippen LogP contribution in [0.3, 0.4) is 0 Å². The lowest BCUT2D eigenvalue weighted by atomic mass is 10.0. The highest BCUT2D eigenvalue weighted by Gasteiger charge is 2.27. The van der Waals surface area contributed by atoms with Gasteiger partial charge in [-0.25, -0.2) is 0 Å². The summed E-state index contributed by atoms with van der Waals surface area (Å²) < 4.78 is 10.9. The lowest BCUT2D eigenvalue weighted by Gasteiger charge is -2.38. The van der Waals surface area contributed by atoms with Gasteiger partial charge in [-0.1, -0.05) is 6.07 Å². The molecule has 1 aromatic rings. The van der Waals surface area contributed by atoms with E-state index >= 15 is 0 Å². The first-order valence-corrected chi connectivity index (χ1v) is 7.01. The molecule has 3 atom stereocenters. The number of ether oxygens (including phenoxy) is 2. The lowest BCUT2D eigenvalue weighted by molar-refractivity contribution is -0.0498. The van der Waals surface area contributed by atoms with Crippen LogP contribution in [-0.2, 0) is 4.74 Å². The molecule has 3 N–H and O–H groups in total. The molecule has 0 aromatic heterocycles. The Morgan fingerprint density at radius 3 is 2.85 bits per heavy atom. The van der Waals surface area contributed by atoms with Gasteiger partial charge in [0.2, 0.25) is 0 Å². The third-order valence-electron chi connectivity index (χ3n) is 3.95. The first kappa shape index (κ1) is 15.1. The van der Waals surface area contributed by atoms with Crippen molar-refractivity contribution in [1.82, 2.24) is 4.90 Å². The van der Waals surface area contributed by atoms with Gasteiger partial charge in [0.1, 0.15) is 0 Å². The topological polar surface area (TPSA) is 68.0 Å².